The van der Waals surface area contributed by atoms with Crippen LogP contribution in [0.15, 0.2) is 35.9 Å². The lowest BCUT2D eigenvalue weighted by atomic mass is 9.78. The summed E-state index contributed by atoms with van der Waals surface area (Å²) in [5.41, 5.74) is 4.38. The van der Waals surface area contributed by atoms with Crippen molar-refractivity contribution in [2.75, 3.05) is 6.54 Å². The van der Waals surface area contributed by atoms with Crippen molar-refractivity contribution in [2.24, 2.45) is 5.92 Å². The normalized spacial score (nSPS) is 17.3. The first kappa shape index (κ1) is 20.2. The zero-order valence-corrected chi connectivity index (χ0v) is 17.2. The lowest BCUT2D eigenvalue weighted by Crippen LogP contribution is -2.35. The Hall–Kier alpha value is -1.08. The molecule has 2 rings (SSSR count). The minimum absolute atomic E-state index is 0.183. The fourth-order valence-electron chi connectivity index (χ4n) is 4.21. The molecule has 1 atom stereocenters. The molecule has 1 heteroatoms. The third-order valence-corrected chi connectivity index (χ3v) is 5.78. The summed E-state index contributed by atoms with van der Waals surface area (Å²) in [6.07, 6.45) is 12.2. The summed E-state index contributed by atoms with van der Waals surface area (Å²) in [6.45, 7) is 12.5. The maximum absolute atomic E-state index is 3.86. The average molecular weight is 342 g/mol. The molecule has 1 saturated carbocycles. The summed E-state index contributed by atoms with van der Waals surface area (Å²) in [5, 5.41) is 3.86. The molecule has 25 heavy (non-hydrogen) atoms. The quantitative estimate of drug-likeness (QED) is 0.528. The summed E-state index contributed by atoms with van der Waals surface area (Å²) in [4.78, 5) is 0. The fourth-order valence-corrected chi connectivity index (χ4v) is 4.21. The molecule has 0 spiro atoms. The molecule has 1 aliphatic rings. The number of aryl methyl sites for hydroxylation is 1. The van der Waals surface area contributed by atoms with Crippen molar-refractivity contribution in [3.63, 3.8) is 0 Å². The van der Waals surface area contributed by atoms with Crippen LogP contribution >= 0.6 is 0 Å². The van der Waals surface area contributed by atoms with Crippen LogP contribution in [-0.2, 0) is 5.41 Å². The van der Waals surface area contributed by atoms with Crippen LogP contribution in [0.3, 0.4) is 0 Å². The van der Waals surface area contributed by atoms with E-state index in [4.69, 9.17) is 0 Å². The summed E-state index contributed by atoms with van der Waals surface area (Å²) >= 11 is 0. The van der Waals surface area contributed by atoms with E-state index < -0.39 is 0 Å². The second-order valence-electron chi connectivity index (χ2n) is 9.05. The van der Waals surface area contributed by atoms with Gasteiger partial charge in [0.25, 0.3) is 0 Å². The van der Waals surface area contributed by atoms with Crippen LogP contribution in [0, 0.1) is 12.8 Å². The van der Waals surface area contributed by atoms with Crippen molar-refractivity contribution in [1.29, 1.82) is 0 Å². The molecule has 0 bridgehead atoms. The van der Waals surface area contributed by atoms with Gasteiger partial charge in [-0.15, -0.1) is 0 Å². The highest BCUT2D eigenvalue weighted by molar-refractivity contribution is 5.28. The summed E-state index contributed by atoms with van der Waals surface area (Å²) in [6, 6.07) is 9.55. The Kier molecular flexibility index (Phi) is 7.75. The van der Waals surface area contributed by atoms with E-state index in [2.05, 4.69) is 70.3 Å². The molecule has 140 valence electrons. The SMILES string of the molecule is CC(C)=CC(CC(C)(C)c1ccc(C)cc1)NCCC1CCCCC1. The fraction of sp³-hybridized carbons (Fsp3) is 0.667. The number of rotatable bonds is 8. The van der Waals surface area contributed by atoms with Crippen molar-refractivity contribution < 1.29 is 0 Å². The molecule has 0 amide bonds. The highest BCUT2D eigenvalue weighted by atomic mass is 14.9. The van der Waals surface area contributed by atoms with Crippen molar-refractivity contribution in [3.8, 4) is 0 Å². The maximum atomic E-state index is 3.86. The monoisotopic (exact) mass is 341 g/mol. The first-order valence-corrected chi connectivity index (χ1v) is 10.3. The average Bonchev–Trinajstić information content (AvgIpc) is 2.55. The Balaban J connectivity index is 1.93. The molecule has 0 radical (unpaired) electrons. The molecular formula is C24H39N. The van der Waals surface area contributed by atoms with Crippen LogP contribution in [0.4, 0.5) is 0 Å². The van der Waals surface area contributed by atoms with Crippen LogP contribution in [-0.4, -0.2) is 12.6 Å². The van der Waals surface area contributed by atoms with Crippen molar-refractivity contribution in [2.45, 2.75) is 91.0 Å². The van der Waals surface area contributed by atoms with Gasteiger partial charge in [-0.2, -0.15) is 0 Å². The lowest BCUT2D eigenvalue weighted by Gasteiger charge is -2.31. The Bertz CT molecular complexity index is 528. The largest absolute Gasteiger partial charge is 0.310 e. The second kappa shape index (κ2) is 9.57. The van der Waals surface area contributed by atoms with E-state index in [9.17, 15) is 0 Å². The zero-order chi connectivity index (χ0) is 18.3. The van der Waals surface area contributed by atoms with Crippen LogP contribution < -0.4 is 5.32 Å². The van der Waals surface area contributed by atoms with Gasteiger partial charge in [-0.25, -0.2) is 0 Å². The van der Waals surface area contributed by atoms with Gasteiger partial charge in [-0.3, -0.25) is 0 Å². The molecule has 0 heterocycles. The van der Waals surface area contributed by atoms with E-state index in [0.717, 1.165) is 18.9 Å². The predicted molar refractivity (Wildman–Crippen MR) is 111 cm³/mol. The van der Waals surface area contributed by atoms with Gasteiger partial charge in [0.05, 0.1) is 0 Å². The number of hydrogen-bond acceptors (Lipinski definition) is 1. The van der Waals surface area contributed by atoms with E-state index in [-0.39, 0.29) is 5.41 Å². The molecule has 0 aromatic heterocycles. The molecule has 1 fully saturated rings. The van der Waals surface area contributed by atoms with Gasteiger partial charge in [0.1, 0.15) is 0 Å². The second-order valence-corrected chi connectivity index (χ2v) is 9.05. The topological polar surface area (TPSA) is 12.0 Å². The third kappa shape index (κ3) is 6.98. The van der Waals surface area contributed by atoms with Crippen LogP contribution in [0.25, 0.3) is 0 Å². The first-order chi connectivity index (χ1) is 11.9. The number of benzene rings is 1. The Morgan fingerprint density at radius 1 is 1.12 bits per heavy atom. The molecule has 1 unspecified atom stereocenters. The van der Waals surface area contributed by atoms with E-state index >= 15 is 0 Å². The van der Waals surface area contributed by atoms with Gasteiger partial charge in [0.15, 0.2) is 0 Å². The zero-order valence-electron chi connectivity index (χ0n) is 17.2. The molecule has 1 aliphatic carbocycles. The standard InChI is InChI=1S/C24H39N/c1-19(2)17-23(25-16-15-21-9-7-6-8-10-21)18-24(4,5)22-13-11-20(3)12-14-22/h11-14,17,21,23,25H,6-10,15-16,18H2,1-5H3. The number of allylic oxidation sites excluding steroid dienone is 1. The molecule has 1 nitrogen and oxygen atoms in total. The van der Waals surface area contributed by atoms with Crippen LogP contribution in [0.5, 0.6) is 0 Å². The van der Waals surface area contributed by atoms with Crippen LogP contribution in [0.1, 0.15) is 83.8 Å². The number of hydrogen-bond donors (Lipinski definition) is 1. The predicted octanol–water partition coefficient (Wildman–Crippen LogP) is 6.56. The molecule has 0 saturated heterocycles. The summed E-state index contributed by atoms with van der Waals surface area (Å²) < 4.78 is 0. The van der Waals surface area contributed by atoms with Gasteiger partial charge in [-0.1, -0.05) is 87.4 Å². The van der Waals surface area contributed by atoms with Crippen LogP contribution in [0.2, 0.25) is 0 Å². The van der Waals surface area contributed by atoms with Crippen molar-refractivity contribution in [1.82, 2.24) is 5.32 Å². The van der Waals surface area contributed by atoms with Gasteiger partial charge in [0, 0.05) is 6.04 Å². The van der Waals surface area contributed by atoms with Gasteiger partial charge in [-0.05, 0) is 57.1 Å². The summed E-state index contributed by atoms with van der Waals surface area (Å²) in [5.74, 6) is 0.957. The van der Waals surface area contributed by atoms with E-state index in [1.165, 1.54) is 55.2 Å². The van der Waals surface area contributed by atoms with Gasteiger partial charge >= 0.3 is 0 Å². The minimum Gasteiger partial charge on any atom is -0.310 e. The van der Waals surface area contributed by atoms with E-state index in [0.29, 0.717) is 6.04 Å². The van der Waals surface area contributed by atoms with Gasteiger partial charge < -0.3 is 5.32 Å². The molecule has 1 N–H and O–H groups in total. The van der Waals surface area contributed by atoms with Gasteiger partial charge in [0.2, 0.25) is 0 Å². The van der Waals surface area contributed by atoms with Crippen molar-refractivity contribution in [3.05, 3.63) is 47.0 Å². The number of nitrogens with one attached hydrogen (secondary N) is 1. The highest BCUT2D eigenvalue weighted by Gasteiger charge is 2.24. The summed E-state index contributed by atoms with van der Waals surface area (Å²) in [7, 11) is 0. The maximum Gasteiger partial charge on any atom is 0.0260 e. The first-order valence-electron chi connectivity index (χ1n) is 10.3. The molecule has 0 aliphatic heterocycles. The smallest absolute Gasteiger partial charge is 0.0260 e. The molecule has 1 aromatic carbocycles. The Labute approximate surface area is 156 Å². The highest BCUT2D eigenvalue weighted by Crippen LogP contribution is 2.30. The lowest BCUT2D eigenvalue weighted by molar-refractivity contribution is 0.324. The molecular weight excluding hydrogens is 302 g/mol. The molecule has 1 aromatic rings. The minimum atomic E-state index is 0.183. The van der Waals surface area contributed by atoms with Crippen molar-refractivity contribution >= 4 is 0 Å². The van der Waals surface area contributed by atoms with E-state index in [1.54, 1.807) is 0 Å². The third-order valence-electron chi connectivity index (χ3n) is 5.78. The Morgan fingerprint density at radius 3 is 2.36 bits per heavy atom. The Morgan fingerprint density at radius 2 is 1.76 bits per heavy atom. The van der Waals surface area contributed by atoms with E-state index in [1.807, 2.05) is 0 Å².